The number of halogens is 3. The molecule has 2 heterocycles. The van der Waals surface area contributed by atoms with Crippen LogP contribution in [0.25, 0.3) is 0 Å². The van der Waals surface area contributed by atoms with E-state index in [-0.39, 0.29) is 23.6 Å². The first-order chi connectivity index (χ1) is 13.7. The Balaban J connectivity index is 1.59. The Labute approximate surface area is 161 Å². The van der Waals surface area contributed by atoms with Crippen molar-refractivity contribution in [3.8, 4) is 0 Å². The quantitative estimate of drug-likeness (QED) is 0.365. The van der Waals surface area contributed by atoms with Crippen molar-refractivity contribution in [3.63, 3.8) is 0 Å². The number of urea groups is 1. The summed E-state index contributed by atoms with van der Waals surface area (Å²) in [5, 5.41) is 26.3. The molecule has 150 valence electrons. The number of amides is 2. The predicted molar refractivity (Wildman–Crippen MR) is 93.9 cm³/mol. The van der Waals surface area contributed by atoms with Crippen LogP contribution in [0, 0.1) is 0 Å². The van der Waals surface area contributed by atoms with Gasteiger partial charge in [-0.1, -0.05) is 12.1 Å². The van der Waals surface area contributed by atoms with Gasteiger partial charge in [-0.3, -0.25) is 14.8 Å². The van der Waals surface area contributed by atoms with E-state index in [9.17, 15) is 18.0 Å². The van der Waals surface area contributed by atoms with Crippen LogP contribution in [-0.2, 0) is 12.7 Å². The van der Waals surface area contributed by atoms with Gasteiger partial charge in [0.1, 0.15) is 5.69 Å². The van der Waals surface area contributed by atoms with Gasteiger partial charge in [-0.05, 0) is 28.9 Å². The van der Waals surface area contributed by atoms with Crippen LogP contribution in [0.15, 0.2) is 53.3 Å². The first-order valence-electron chi connectivity index (χ1n) is 8.13. The topological polar surface area (TPSA) is 124 Å². The lowest BCUT2D eigenvalue weighted by molar-refractivity contribution is -0.755. The molecule has 13 heteroatoms. The predicted octanol–water partition coefficient (Wildman–Crippen LogP) is 0.748. The molecule has 0 aliphatic heterocycles. The Morgan fingerprint density at radius 1 is 1.21 bits per heavy atom. The molecule has 0 saturated heterocycles. The van der Waals surface area contributed by atoms with Gasteiger partial charge in [0.05, 0.1) is 5.56 Å². The molecule has 0 spiro atoms. The first kappa shape index (κ1) is 20.3. The van der Waals surface area contributed by atoms with Crippen molar-refractivity contribution in [1.82, 2.24) is 10.3 Å². The molecule has 29 heavy (non-hydrogen) atoms. The number of carbonyl (C=O) groups is 1. The molecule has 0 aliphatic rings. The lowest BCUT2D eigenvalue weighted by Crippen LogP contribution is -2.36. The first-order valence-corrected chi connectivity index (χ1v) is 8.13. The Bertz CT molecular complexity index is 995. The number of aromatic nitrogens is 3. The lowest BCUT2D eigenvalue weighted by atomic mass is 9.82. The molecule has 2 aromatic heterocycles. The largest absolute Gasteiger partial charge is 0.490 e. The molecule has 2 amide bonds. The Kier molecular flexibility index (Phi) is 5.80. The number of rotatable bonds is 5. The number of nitrogens with zero attached hydrogens (tertiary/aromatic N) is 3. The summed E-state index contributed by atoms with van der Waals surface area (Å²) in [6, 6.07) is 6.41. The highest BCUT2D eigenvalue weighted by molar-refractivity contribution is 6.58. The molecule has 0 bridgehead atoms. The molecule has 0 unspecified atom stereocenters. The summed E-state index contributed by atoms with van der Waals surface area (Å²) in [4.78, 5) is 16.0. The van der Waals surface area contributed by atoms with Crippen LogP contribution in [0.4, 0.5) is 29.5 Å². The Hall–Kier alpha value is -3.45. The third-order valence-corrected chi connectivity index (χ3v) is 3.66. The van der Waals surface area contributed by atoms with E-state index in [1.54, 1.807) is 6.07 Å². The van der Waals surface area contributed by atoms with Crippen LogP contribution in [0.5, 0.6) is 0 Å². The van der Waals surface area contributed by atoms with Crippen molar-refractivity contribution < 1.29 is 37.2 Å². The normalized spacial score (nSPS) is 11.2. The van der Waals surface area contributed by atoms with Gasteiger partial charge in [0.25, 0.3) is 6.20 Å². The van der Waals surface area contributed by atoms with Gasteiger partial charge in [-0.25, -0.2) is 4.79 Å². The van der Waals surface area contributed by atoms with E-state index in [0.29, 0.717) is 5.69 Å². The molecule has 1 aromatic carbocycles. The number of nitrogens with one attached hydrogen (secondary N) is 2. The fourth-order valence-electron chi connectivity index (χ4n) is 2.30. The number of benzene rings is 1. The standard InChI is InChI=1S/C16H13BF3N5O4/c18-16(19,20)10-2-1-3-12(6-10)22-15(26)23-14-9-25(24-29-14)8-13-5-4-11(7-21-13)17(27)28/h1-7,9,27-28H,8H2,(H-,22,23,24,26)/p+1. The van der Waals surface area contributed by atoms with Crippen molar-refractivity contribution in [2.75, 3.05) is 10.6 Å². The molecule has 3 aromatic rings. The third kappa shape index (κ3) is 5.52. The maximum absolute atomic E-state index is 12.7. The molecule has 0 fully saturated rings. The third-order valence-electron chi connectivity index (χ3n) is 3.66. The van der Waals surface area contributed by atoms with Gasteiger partial charge in [-0.15, -0.1) is 0 Å². The van der Waals surface area contributed by atoms with Crippen molar-refractivity contribution in [1.29, 1.82) is 0 Å². The van der Waals surface area contributed by atoms with E-state index >= 15 is 0 Å². The number of carbonyl (C=O) groups excluding carboxylic acids is 1. The maximum Gasteiger partial charge on any atom is 0.490 e. The van der Waals surface area contributed by atoms with Crippen LogP contribution >= 0.6 is 0 Å². The van der Waals surface area contributed by atoms with E-state index in [2.05, 4.69) is 20.9 Å². The van der Waals surface area contributed by atoms with Crippen LogP contribution in [0.3, 0.4) is 0 Å². The fraction of sp³-hybridized carbons (Fsp3) is 0.125. The summed E-state index contributed by atoms with van der Waals surface area (Å²) in [6.07, 6.45) is -1.88. The van der Waals surface area contributed by atoms with E-state index in [0.717, 1.165) is 12.1 Å². The van der Waals surface area contributed by atoms with E-state index in [4.69, 9.17) is 14.6 Å². The van der Waals surface area contributed by atoms with Crippen LogP contribution < -0.4 is 20.8 Å². The second kappa shape index (κ2) is 8.28. The monoisotopic (exact) mass is 408 g/mol. The molecule has 0 radical (unpaired) electrons. The van der Waals surface area contributed by atoms with Gasteiger partial charge >= 0.3 is 25.2 Å². The zero-order valence-corrected chi connectivity index (χ0v) is 14.6. The highest BCUT2D eigenvalue weighted by atomic mass is 19.4. The molecule has 9 nitrogen and oxygen atoms in total. The summed E-state index contributed by atoms with van der Waals surface area (Å²) in [5.74, 6) is -0.0446. The number of alkyl halides is 3. The summed E-state index contributed by atoms with van der Waals surface area (Å²) < 4.78 is 44.4. The van der Waals surface area contributed by atoms with E-state index in [1.165, 1.54) is 35.3 Å². The van der Waals surface area contributed by atoms with Gasteiger partial charge in [0.15, 0.2) is 0 Å². The Morgan fingerprint density at radius 3 is 2.66 bits per heavy atom. The molecule has 4 N–H and O–H groups in total. The number of pyridine rings is 1. The minimum absolute atomic E-state index is 0.0416. The van der Waals surface area contributed by atoms with Crippen LogP contribution in [-0.4, -0.2) is 33.5 Å². The lowest BCUT2D eigenvalue weighted by Gasteiger charge is -2.09. The van der Waals surface area contributed by atoms with Crippen LogP contribution in [0.1, 0.15) is 11.3 Å². The number of anilines is 2. The summed E-state index contributed by atoms with van der Waals surface area (Å²) >= 11 is 0. The molecular weight excluding hydrogens is 394 g/mol. The second-order valence-electron chi connectivity index (χ2n) is 5.88. The minimum Gasteiger partial charge on any atom is -0.423 e. The fourth-order valence-corrected chi connectivity index (χ4v) is 2.30. The zero-order valence-electron chi connectivity index (χ0n) is 14.6. The number of hydrogen-bond donors (Lipinski definition) is 4. The van der Waals surface area contributed by atoms with Crippen molar-refractivity contribution in [2.24, 2.45) is 0 Å². The van der Waals surface area contributed by atoms with Gasteiger partial charge in [0.2, 0.25) is 11.8 Å². The summed E-state index contributed by atoms with van der Waals surface area (Å²) in [7, 11) is -1.62. The van der Waals surface area contributed by atoms with Crippen molar-refractivity contribution in [2.45, 2.75) is 12.7 Å². The SMILES string of the molecule is O=C(Nc1cccc(C(F)(F)F)c1)Nc1c[n+](Cc2ccc(B(O)O)cn2)no1. The molecular formula is C16H14BF3N5O4+. The Morgan fingerprint density at radius 2 is 2.00 bits per heavy atom. The van der Waals surface area contributed by atoms with Gasteiger partial charge < -0.3 is 15.4 Å². The van der Waals surface area contributed by atoms with Gasteiger partial charge in [-0.2, -0.15) is 13.2 Å². The highest BCUT2D eigenvalue weighted by Gasteiger charge is 2.30. The van der Waals surface area contributed by atoms with E-state index < -0.39 is 24.9 Å². The molecule has 3 rings (SSSR count). The molecule has 0 atom stereocenters. The highest BCUT2D eigenvalue weighted by Crippen LogP contribution is 2.30. The number of hydrogen-bond acceptors (Lipinski definition) is 6. The van der Waals surface area contributed by atoms with E-state index in [1.807, 2.05) is 0 Å². The second-order valence-corrected chi connectivity index (χ2v) is 5.88. The summed E-state index contributed by atoms with van der Waals surface area (Å²) in [6.45, 7) is 0.169. The molecule has 0 saturated carbocycles. The average Bonchev–Trinajstić information content (AvgIpc) is 3.08. The van der Waals surface area contributed by atoms with Gasteiger partial charge in [0, 0.05) is 17.3 Å². The van der Waals surface area contributed by atoms with Crippen molar-refractivity contribution in [3.05, 3.63) is 60.0 Å². The average molecular weight is 408 g/mol. The van der Waals surface area contributed by atoms with Crippen LogP contribution in [0.2, 0.25) is 0 Å². The van der Waals surface area contributed by atoms with Crippen molar-refractivity contribution >= 4 is 30.2 Å². The smallest absolute Gasteiger partial charge is 0.423 e. The summed E-state index contributed by atoms with van der Waals surface area (Å²) in [5.41, 5.74) is -0.166. The maximum atomic E-state index is 12.7. The molecule has 0 aliphatic carbocycles. The minimum atomic E-state index is -4.52. The zero-order chi connectivity index (χ0) is 21.0.